The minimum Gasteiger partial charge on any atom is -0.497 e. The zero-order valence-corrected chi connectivity index (χ0v) is 19.5. The highest BCUT2D eigenvalue weighted by molar-refractivity contribution is 7.07. The van der Waals surface area contributed by atoms with Gasteiger partial charge in [-0.05, 0) is 50.6 Å². The monoisotopic (exact) mass is 466 g/mol. The third-order valence-corrected chi connectivity index (χ3v) is 6.19. The van der Waals surface area contributed by atoms with Crippen LogP contribution in [-0.4, -0.2) is 23.8 Å². The average Bonchev–Trinajstić information content (AvgIpc) is 3.08. The van der Waals surface area contributed by atoms with Gasteiger partial charge in [0.2, 0.25) is 0 Å². The number of allylic oxidation sites excluding steroid dienone is 1. The van der Waals surface area contributed by atoms with Crippen molar-refractivity contribution in [3.05, 3.63) is 96.4 Å². The topological polar surface area (TPSA) is 69.9 Å². The van der Waals surface area contributed by atoms with E-state index < -0.39 is 17.8 Å². The van der Waals surface area contributed by atoms with Crippen molar-refractivity contribution in [3.8, 4) is 5.75 Å². The summed E-state index contributed by atoms with van der Waals surface area (Å²) in [6.45, 7) is 5.25. The number of fused-ring (bicyclic) bond motifs is 1. The van der Waals surface area contributed by atoms with Crippen LogP contribution in [0.15, 0.2) is 69.6 Å². The summed E-state index contributed by atoms with van der Waals surface area (Å²) >= 11 is 1.15. The average molecular weight is 467 g/mol. The zero-order valence-electron chi connectivity index (χ0n) is 18.7. The Hall–Kier alpha value is -3.52. The number of methoxy groups -OCH3 is 1. The van der Waals surface area contributed by atoms with Crippen molar-refractivity contribution < 1.29 is 18.7 Å². The van der Waals surface area contributed by atoms with E-state index >= 15 is 0 Å². The summed E-state index contributed by atoms with van der Waals surface area (Å²) in [7, 11) is 1.57. The molecule has 6 nitrogen and oxygen atoms in total. The van der Waals surface area contributed by atoms with Gasteiger partial charge in [-0.15, -0.1) is 0 Å². The molecule has 170 valence electrons. The first kappa shape index (κ1) is 22.7. The fourth-order valence-electron chi connectivity index (χ4n) is 3.70. The number of hydrogen-bond acceptors (Lipinski definition) is 6. The summed E-state index contributed by atoms with van der Waals surface area (Å²) in [6, 6.07) is 12.7. The van der Waals surface area contributed by atoms with Gasteiger partial charge in [0.15, 0.2) is 4.80 Å². The highest BCUT2D eigenvalue weighted by Gasteiger charge is 2.33. The Kier molecular flexibility index (Phi) is 6.29. The van der Waals surface area contributed by atoms with Crippen molar-refractivity contribution in [2.45, 2.75) is 32.9 Å². The molecule has 0 spiro atoms. The summed E-state index contributed by atoms with van der Waals surface area (Å²) in [4.78, 5) is 31.5. The smallest absolute Gasteiger partial charge is 0.338 e. The van der Waals surface area contributed by atoms with Crippen LogP contribution >= 0.6 is 11.3 Å². The zero-order chi connectivity index (χ0) is 23.7. The quantitative estimate of drug-likeness (QED) is 0.541. The third-order valence-electron chi connectivity index (χ3n) is 5.21. The molecule has 0 amide bonds. The molecule has 33 heavy (non-hydrogen) atoms. The van der Waals surface area contributed by atoms with E-state index in [1.54, 1.807) is 70.3 Å². The van der Waals surface area contributed by atoms with Gasteiger partial charge in [-0.25, -0.2) is 14.2 Å². The van der Waals surface area contributed by atoms with Crippen LogP contribution in [-0.2, 0) is 9.53 Å². The molecular formula is C25H23FN2O4S. The molecule has 1 aliphatic rings. The van der Waals surface area contributed by atoms with Crippen molar-refractivity contribution in [2.24, 2.45) is 4.99 Å². The number of carbonyl (C=O) groups is 1. The maximum absolute atomic E-state index is 14.2. The normalized spacial score (nSPS) is 15.9. The SMILES string of the molecule is COc1ccc([C@H]2C(C(=O)OC(C)C)=C(C)N=c3s/c(=C\c4ccccc4F)c(=O)n32)cc1. The molecule has 1 atom stereocenters. The molecule has 2 aromatic carbocycles. The molecule has 3 aromatic rings. The number of carbonyl (C=O) groups excluding carboxylic acids is 1. The lowest BCUT2D eigenvalue weighted by Crippen LogP contribution is -2.40. The predicted molar refractivity (Wildman–Crippen MR) is 124 cm³/mol. The van der Waals surface area contributed by atoms with Crippen LogP contribution in [0.3, 0.4) is 0 Å². The van der Waals surface area contributed by atoms with Gasteiger partial charge >= 0.3 is 5.97 Å². The molecular weight excluding hydrogens is 443 g/mol. The molecule has 1 aromatic heterocycles. The van der Waals surface area contributed by atoms with Crippen molar-refractivity contribution in [2.75, 3.05) is 7.11 Å². The van der Waals surface area contributed by atoms with E-state index in [-0.39, 0.29) is 11.7 Å². The van der Waals surface area contributed by atoms with Crippen molar-refractivity contribution in [3.63, 3.8) is 0 Å². The van der Waals surface area contributed by atoms with Gasteiger partial charge in [0, 0.05) is 5.56 Å². The van der Waals surface area contributed by atoms with Crippen LogP contribution in [0.4, 0.5) is 4.39 Å². The molecule has 0 saturated carbocycles. The fourth-order valence-corrected chi connectivity index (χ4v) is 4.73. The first-order chi connectivity index (χ1) is 15.8. The molecule has 8 heteroatoms. The van der Waals surface area contributed by atoms with Gasteiger partial charge in [0.05, 0.1) is 35.1 Å². The van der Waals surface area contributed by atoms with Crippen LogP contribution in [0.25, 0.3) is 6.08 Å². The van der Waals surface area contributed by atoms with Gasteiger partial charge in [-0.3, -0.25) is 9.36 Å². The molecule has 0 radical (unpaired) electrons. The largest absolute Gasteiger partial charge is 0.497 e. The maximum Gasteiger partial charge on any atom is 0.338 e. The van der Waals surface area contributed by atoms with Crippen LogP contribution in [0.5, 0.6) is 5.75 Å². The van der Waals surface area contributed by atoms with Crippen molar-refractivity contribution in [1.82, 2.24) is 4.57 Å². The highest BCUT2D eigenvalue weighted by Crippen LogP contribution is 2.31. The van der Waals surface area contributed by atoms with Crippen LogP contribution in [0.1, 0.15) is 37.9 Å². The second-order valence-corrected chi connectivity index (χ2v) is 8.84. The number of halogens is 1. The van der Waals surface area contributed by atoms with Gasteiger partial charge in [-0.1, -0.05) is 41.7 Å². The van der Waals surface area contributed by atoms with Gasteiger partial charge < -0.3 is 9.47 Å². The summed E-state index contributed by atoms with van der Waals surface area (Å²) in [5.41, 5.74) is 1.42. The number of esters is 1. The number of ether oxygens (including phenoxy) is 2. The fraction of sp³-hybridized carbons (Fsp3) is 0.240. The van der Waals surface area contributed by atoms with Gasteiger partial charge in [0.1, 0.15) is 11.6 Å². The number of rotatable bonds is 5. The summed E-state index contributed by atoms with van der Waals surface area (Å²) in [6.07, 6.45) is 1.18. The van der Waals surface area contributed by atoms with E-state index in [1.807, 2.05) is 0 Å². The van der Waals surface area contributed by atoms with Crippen molar-refractivity contribution >= 4 is 23.4 Å². The molecule has 0 bridgehead atoms. The minimum atomic E-state index is -0.735. The number of nitrogens with zero attached hydrogens (tertiary/aromatic N) is 2. The van der Waals surface area contributed by atoms with Gasteiger partial charge in [-0.2, -0.15) is 0 Å². The van der Waals surface area contributed by atoms with E-state index in [2.05, 4.69) is 4.99 Å². The highest BCUT2D eigenvalue weighted by atomic mass is 32.1. The first-order valence-electron chi connectivity index (χ1n) is 10.4. The number of thiazole rings is 1. The number of aromatic nitrogens is 1. The molecule has 0 unspecified atom stereocenters. The first-order valence-corrected chi connectivity index (χ1v) is 11.2. The Bertz CT molecular complexity index is 1420. The Labute approximate surface area is 193 Å². The molecule has 2 heterocycles. The lowest BCUT2D eigenvalue weighted by Gasteiger charge is -2.25. The summed E-state index contributed by atoms with van der Waals surface area (Å²) in [5.74, 6) is -0.305. The van der Waals surface area contributed by atoms with E-state index in [0.29, 0.717) is 37.5 Å². The Morgan fingerprint density at radius 1 is 1.18 bits per heavy atom. The van der Waals surface area contributed by atoms with Crippen LogP contribution < -0.4 is 19.6 Å². The van der Waals surface area contributed by atoms with E-state index in [0.717, 1.165) is 11.3 Å². The molecule has 1 aliphatic heterocycles. The van der Waals surface area contributed by atoms with Gasteiger partial charge in [0.25, 0.3) is 5.56 Å². The Morgan fingerprint density at radius 2 is 1.88 bits per heavy atom. The summed E-state index contributed by atoms with van der Waals surface area (Å²) < 4.78 is 26.7. The molecule has 0 fully saturated rings. The van der Waals surface area contributed by atoms with E-state index in [9.17, 15) is 14.0 Å². The van der Waals surface area contributed by atoms with Crippen LogP contribution in [0, 0.1) is 5.82 Å². The lowest BCUT2D eigenvalue weighted by molar-refractivity contribution is -0.143. The number of benzene rings is 2. The Balaban J connectivity index is 1.95. The minimum absolute atomic E-state index is 0.290. The van der Waals surface area contributed by atoms with E-state index in [4.69, 9.17) is 9.47 Å². The third kappa shape index (κ3) is 4.39. The van der Waals surface area contributed by atoms with E-state index in [1.165, 1.54) is 16.7 Å². The second kappa shape index (κ2) is 9.15. The molecule has 0 saturated heterocycles. The predicted octanol–water partition coefficient (Wildman–Crippen LogP) is 3.33. The lowest BCUT2D eigenvalue weighted by atomic mass is 9.96. The molecule has 0 N–H and O–H groups in total. The summed E-state index contributed by atoms with van der Waals surface area (Å²) in [5, 5.41) is 0. The molecule has 0 aliphatic carbocycles. The van der Waals surface area contributed by atoms with Crippen molar-refractivity contribution in [1.29, 1.82) is 0 Å². The molecule has 4 rings (SSSR count). The second-order valence-electron chi connectivity index (χ2n) is 7.83. The maximum atomic E-state index is 14.2. The van der Waals surface area contributed by atoms with Crippen LogP contribution in [0.2, 0.25) is 0 Å². The standard InChI is InChI=1S/C25H23FN2O4S/c1-14(2)32-24(30)21-15(3)27-25-28(22(21)16-9-11-18(31-4)12-10-16)23(29)20(33-25)13-17-7-5-6-8-19(17)26/h5-14,22H,1-4H3/b20-13-/t22-/m0/s1. The Morgan fingerprint density at radius 3 is 2.52 bits per heavy atom. The number of hydrogen-bond donors (Lipinski definition) is 0.